The Balaban J connectivity index is 2.31. The number of esters is 2. The van der Waals surface area contributed by atoms with Crippen LogP contribution in [0.15, 0.2) is 44.6 Å². The van der Waals surface area contributed by atoms with E-state index in [0.29, 0.717) is 15.5 Å². The lowest BCUT2D eigenvalue weighted by molar-refractivity contribution is -0.384. The molecule has 1 aliphatic rings. The molecule has 1 unspecified atom stereocenters. The zero-order valence-electron chi connectivity index (χ0n) is 14.0. The molecule has 1 aliphatic heterocycles. The van der Waals surface area contributed by atoms with Crippen LogP contribution in [0, 0.1) is 10.1 Å². The van der Waals surface area contributed by atoms with Crippen molar-refractivity contribution in [2.24, 2.45) is 0 Å². The molecule has 140 valence electrons. The summed E-state index contributed by atoms with van der Waals surface area (Å²) in [4.78, 5) is 49.9. The van der Waals surface area contributed by atoms with Crippen molar-refractivity contribution in [1.82, 2.24) is 4.98 Å². The van der Waals surface area contributed by atoms with Crippen LogP contribution in [0.4, 0.5) is 5.69 Å². The van der Waals surface area contributed by atoms with E-state index in [9.17, 15) is 24.5 Å². The Bertz CT molecular complexity index is 1040. The van der Waals surface area contributed by atoms with Crippen molar-refractivity contribution in [3.8, 4) is 0 Å². The predicted octanol–water partition coefficient (Wildman–Crippen LogP) is 2.18. The van der Waals surface area contributed by atoms with Crippen molar-refractivity contribution in [3.05, 3.63) is 65.0 Å². The molecule has 1 N–H and O–H groups in total. The Morgan fingerprint density at radius 1 is 1.22 bits per heavy atom. The number of carbonyl (C=O) groups excluding carboxylic acids is 2. The molecule has 1 atom stereocenters. The second-order valence-corrected chi connectivity index (χ2v) is 7.36. The van der Waals surface area contributed by atoms with Crippen LogP contribution in [-0.4, -0.2) is 36.1 Å². The summed E-state index contributed by atoms with van der Waals surface area (Å²) in [6.45, 7) is 0. The number of methoxy groups -OCH3 is 2. The summed E-state index contributed by atoms with van der Waals surface area (Å²) in [5, 5.41) is 11.5. The Labute approximate surface area is 160 Å². The van der Waals surface area contributed by atoms with Crippen molar-refractivity contribution in [2.45, 2.75) is 10.9 Å². The molecule has 0 saturated carbocycles. The minimum absolute atomic E-state index is 0.0300. The van der Waals surface area contributed by atoms with Crippen LogP contribution in [0.2, 0.25) is 0 Å². The van der Waals surface area contributed by atoms with Gasteiger partial charge in [-0.3, -0.25) is 14.9 Å². The van der Waals surface area contributed by atoms with E-state index in [0.717, 1.165) is 30.2 Å². The molecule has 27 heavy (non-hydrogen) atoms. The van der Waals surface area contributed by atoms with Crippen molar-refractivity contribution in [2.75, 3.05) is 14.2 Å². The molecule has 1 aromatic carbocycles. The van der Waals surface area contributed by atoms with E-state index >= 15 is 0 Å². The first-order valence-corrected chi connectivity index (χ1v) is 9.06. The molecule has 9 nitrogen and oxygen atoms in total. The normalized spacial score (nSPS) is 15.9. The number of nitrogens with zero attached hydrogens (tertiary/aromatic N) is 1. The Morgan fingerprint density at radius 2 is 1.93 bits per heavy atom. The highest BCUT2D eigenvalue weighted by Gasteiger charge is 2.40. The van der Waals surface area contributed by atoms with Crippen LogP contribution in [0.5, 0.6) is 0 Å². The monoisotopic (exact) mass is 408 g/mol. The number of fused-ring (bicyclic) bond motifs is 1. The Kier molecular flexibility index (Phi) is 5.15. The fourth-order valence-electron chi connectivity index (χ4n) is 2.71. The summed E-state index contributed by atoms with van der Waals surface area (Å²) in [6.07, 6.45) is 0. The zero-order chi connectivity index (χ0) is 19.7. The summed E-state index contributed by atoms with van der Waals surface area (Å²) in [6, 6.07) is 5.66. The minimum Gasteiger partial charge on any atom is -0.466 e. The van der Waals surface area contributed by atoms with Gasteiger partial charge in [0, 0.05) is 12.1 Å². The SMILES string of the molecule is COC(=O)C1=C(C(=O)OC)C(c2cccc([N+](=O)[O-])c2)c2sc(=O)[nH]c2S1. The molecule has 2 aromatic rings. The molecular weight excluding hydrogens is 396 g/mol. The molecule has 3 rings (SSSR count). The topological polar surface area (TPSA) is 129 Å². The number of thioether (sulfide) groups is 1. The van der Waals surface area contributed by atoms with Gasteiger partial charge in [0.25, 0.3) is 5.69 Å². The molecule has 0 saturated heterocycles. The van der Waals surface area contributed by atoms with Crippen LogP contribution < -0.4 is 4.87 Å². The third-order valence-corrected chi connectivity index (χ3v) is 6.03. The number of hydrogen-bond acceptors (Lipinski definition) is 9. The molecule has 11 heteroatoms. The number of ether oxygens (including phenoxy) is 2. The minimum atomic E-state index is -0.883. The summed E-state index contributed by atoms with van der Waals surface area (Å²) in [5.74, 6) is -2.44. The lowest BCUT2D eigenvalue weighted by Crippen LogP contribution is -2.22. The van der Waals surface area contributed by atoms with Gasteiger partial charge in [-0.1, -0.05) is 35.2 Å². The van der Waals surface area contributed by atoms with Gasteiger partial charge in [0.1, 0.15) is 4.91 Å². The Hall–Kier alpha value is -2.92. The Morgan fingerprint density at radius 3 is 2.56 bits per heavy atom. The number of aromatic nitrogens is 1. The molecule has 0 radical (unpaired) electrons. The first kappa shape index (κ1) is 18.9. The maximum absolute atomic E-state index is 12.5. The maximum atomic E-state index is 12.5. The number of hydrogen-bond donors (Lipinski definition) is 1. The second-order valence-electron chi connectivity index (χ2n) is 5.32. The molecule has 0 bridgehead atoms. The molecule has 0 amide bonds. The average molecular weight is 408 g/mol. The highest BCUT2D eigenvalue weighted by Crippen LogP contribution is 2.49. The van der Waals surface area contributed by atoms with Gasteiger partial charge in [-0.15, -0.1) is 0 Å². The summed E-state index contributed by atoms with van der Waals surface area (Å²) in [7, 11) is 2.33. The smallest absolute Gasteiger partial charge is 0.345 e. The molecule has 0 fully saturated rings. The van der Waals surface area contributed by atoms with Crippen LogP contribution in [-0.2, 0) is 19.1 Å². The number of non-ortho nitro benzene ring substituents is 1. The van der Waals surface area contributed by atoms with Crippen LogP contribution >= 0.6 is 23.1 Å². The number of nitrogens with one attached hydrogen (secondary N) is 1. The van der Waals surface area contributed by atoms with Gasteiger partial charge in [-0.2, -0.15) is 0 Å². The summed E-state index contributed by atoms with van der Waals surface area (Å²) < 4.78 is 9.59. The van der Waals surface area contributed by atoms with Gasteiger partial charge >= 0.3 is 16.8 Å². The van der Waals surface area contributed by atoms with Crippen molar-refractivity contribution < 1.29 is 24.0 Å². The van der Waals surface area contributed by atoms with E-state index in [4.69, 9.17) is 9.47 Å². The number of H-pyrrole nitrogens is 1. The summed E-state index contributed by atoms with van der Waals surface area (Å²) in [5.41, 5.74) is 0.166. The molecule has 0 spiro atoms. The maximum Gasteiger partial charge on any atom is 0.345 e. The van der Waals surface area contributed by atoms with Gasteiger partial charge in [-0.05, 0) is 5.56 Å². The number of thiazole rings is 1. The van der Waals surface area contributed by atoms with E-state index < -0.39 is 22.8 Å². The largest absolute Gasteiger partial charge is 0.466 e. The van der Waals surface area contributed by atoms with Crippen molar-refractivity contribution in [1.29, 1.82) is 0 Å². The number of rotatable bonds is 4. The van der Waals surface area contributed by atoms with E-state index in [-0.39, 0.29) is 21.0 Å². The first-order chi connectivity index (χ1) is 12.9. The lowest BCUT2D eigenvalue weighted by Gasteiger charge is -2.25. The van der Waals surface area contributed by atoms with E-state index in [1.54, 1.807) is 6.07 Å². The zero-order valence-corrected chi connectivity index (χ0v) is 15.6. The van der Waals surface area contributed by atoms with Crippen LogP contribution in [0.25, 0.3) is 0 Å². The fourth-order valence-corrected chi connectivity index (χ4v) is 4.94. The summed E-state index contributed by atoms with van der Waals surface area (Å²) >= 11 is 1.76. The quantitative estimate of drug-likeness (QED) is 0.463. The van der Waals surface area contributed by atoms with E-state index in [1.165, 1.54) is 25.3 Å². The number of benzene rings is 1. The number of carbonyl (C=O) groups is 2. The predicted molar refractivity (Wildman–Crippen MR) is 96.8 cm³/mol. The lowest BCUT2D eigenvalue weighted by atomic mass is 9.88. The van der Waals surface area contributed by atoms with Crippen molar-refractivity contribution >= 4 is 40.7 Å². The molecule has 2 heterocycles. The number of nitro benzene ring substituents is 1. The highest BCUT2D eigenvalue weighted by atomic mass is 32.2. The second kappa shape index (κ2) is 7.37. The van der Waals surface area contributed by atoms with Gasteiger partial charge < -0.3 is 14.5 Å². The molecule has 0 aliphatic carbocycles. The highest BCUT2D eigenvalue weighted by molar-refractivity contribution is 8.04. The van der Waals surface area contributed by atoms with Gasteiger partial charge in [0.2, 0.25) is 0 Å². The molecule has 1 aromatic heterocycles. The number of nitro groups is 1. The van der Waals surface area contributed by atoms with Gasteiger partial charge in [0.05, 0.1) is 40.5 Å². The first-order valence-electron chi connectivity index (χ1n) is 7.43. The third kappa shape index (κ3) is 3.38. The average Bonchev–Trinajstić information content (AvgIpc) is 3.04. The van der Waals surface area contributed by atoms with Crippen molar-refractivity contribution in [3.63, 3.8) is 0 Å². The number of aromatic amines is 1. The fraction of sp³-hybridized carbons (Fsp3) is 0.188. The van der Waals surface area contributed by atoms with E-state index in [2.05, 4.69) is 4.98 Å². The van der Waals surface area contributed by atoms with Crippen LogP contribution in [0.1, 0.15) is 16.4 Å². The van der Waals surface area contributed by atoms with Crippen LogP contribution in [0.3, 0.4) is 0 Å². The third-order valence-electron chi connectivity index (χ3n) is 3.83. The van der Waals surface area contributed by atoms with E-state index in [1.807, 2.05) is 0 Å². The molecular formula is C16H12N2O7S2. The van der Waals surface area contributed by atoms with Gasteiger partial charge in [0.15, 0.2) is 0 Å². The van der Waals surface area contributed by atoms with Gasteiger partial charge in [-0.25, -0.2) is 9.59 Å². The standard InChI is InChI=1S/C16H12N2O7S2/c1-24-14(19)10-9(7-4-3-5-8(6-7)18(22)23)11-13(17-16(21)27-11)26-12(10)15(20)25-2/h3-6,9H,1-2H3,(H,17,21).